The van der Waals surface area contributed by atoms with Crippen molar-refractivity contribution in [2.75, 3.05) is 13.1 Å². The largest absolute Gasteiger partial charge is 0.342 e. The molecule has 27 heavy (non-hydrogen) atoms. The molecule has 0 atom stereocenters. The zero-order valence-corrected chi connectivity index (χ0v) is 16.9. The zero-order chi connectivity index (χ0) is 19.1. The lowest BCUT2D eigenvalue weighted by molar-refractivity contribution is -0.137. The maximum Gasteiger partial charge on any atom is 0.225 e. The van der Waals surface area contributed by atoms with E-state index in [9.17, 15) is 4.79 Å². The molecule has 0 aromatic heterocycles. The number of piperidine rings is 1. The minimum Gasteiger partial charge on any atom is -0.342 e. The van der Waals surface area contributed by atoms with Gasteiger partial charge in [0.2, 0.25) is 5.91 Å². The second-order valence-electron chi connectivity index (χ2n) is 7.88. The summed E-state index contributed by atoms with van der Waals surface area (Å²) in [6, 6.07) is 19.6. The van der Waals surface area contributed by atoms with Gasteiger partial charge in [-0.1, -0.05) is 68.4 Å². The molecule has 0 bridgehead atoms. The van der Waals surface area contributed by atoms with E-state index < -0.39 is 0 Å². The van der Waals surface area contributed by atoms with Crippen molar-refractivity contribution in [2.24, 2.45) is 11.8 Å². The maximum absolute atomic E-state index is 12.5. The van der Waals surface area contributed by atoms with Gasteiger partial charge < -0.3 is 4.90 Å². The lowest BCUT2D eigenvalue weighted by Crippen LogP contribution is -2.41. The van der Waals surface area contributed by atoms with Crippen LogP contribution >= 0.6 is 0 Å². The Hall–Kier alpha value is -2.09. The van der Waals surface area contributed by atoms with E-state index in [1.165, 1.54) is 23.1 Å². The molecule has 0 saturated carbocycles. The Morgan fingerprint density at radius 1 is 0.926 bits per heavy atom. The fraction of sp³-hybridized carbons (Fsp3) is 0.480. The summed E-state index contributed by atoms with van der Waals surface area (Å²) < 4.78 is 0. The second kappa shape index (κ2) is 9.73. The van der Waals surface area contributed by atoms with Crippen LogP contribution in [0.1, 0.15) is 51.5 Å². The normalized spacial score (nSPS) is 15.3. The quantitative estimate of drug-likeness (QED) is 0.594. The van der Waals surface area contributed by atoms with E-state index >= 15 is 0 Å². The van der Waals surface area contributed by atoms with Gasteiger partial charge in [0, 0.05) is 19.0 Å². The molecule has 144 valence electrons. The van der Waals surface area contributed by atoms with Gasteiger partial charge in [0.05, 0.1) is 0 Å². The summed E-state index contributed by atoms with van der Waals surface area (Å²) in [5.41, 5.74) is 3.98. The van der Waals surface area contributed by atoms with Crippen LogP contribution in [0.15, 0.2) is 54.6 Å². The van der Waals surface area contributed by atoms with Crippen molar-refractivity contribution in [1.82, 2.24) is 4.90 Å². The van der Waals surface area contributed by atoms with Crippen LogP contribution < -0.4 is 0 Å². The molecular weight excluding hydrogens is 330 g/mol. The van der Waals surface area contributed by atoms with Crippen LogP contribution in [0, 0.1) is 11.8 Å². The average Bonchev–Trinajstić information content (AvgIpc) is 2.74. The molecule has 1 aliphatic rings. The Labute approximate surface area is 164 Å². The Balaban J connectivity index is 1.46. The average molecular weight is 364 g/mol. The summed E-state index contributed by atoms with van der Waals surface area (Å²) in [5.74, 6) is 1.36. The molecule has 1 saturated heterocycles. The summed E-state index contributed by atoms with van der Waals surface area (Å²) in [5, 5.41) is 0. The molecule has 0 unspecified atom stereocenters. The Morgan fingerprint density at radius 3 is 2.11 bits per heavy atom. The van der Waals surface area contributed by atoms with E-state index in [2.05, 4.69) is 73.3 Å². The van der Waals surface area contributed by atoms with Crippen LogP contribution in [0.3, 0.4) is 0 Å². The van der Waals surface area contributed by atoms with Gasteiger partial charge >= 0.3 is 0 Å². The third-order valence-electron chi connectivity index (χ3n) is 6.16. The van der Waals surface area contributed by atoms with Crippen molar-refractivity contribution in [1.29, 1.82) is 0 Å². The first-order chi connectivity index (χ1) is 13.2. The van der Waals surface area contributed by atoms with E-state index in [0.717, 1.165) is 51.1 Å². The summed E-state index contributed by atoms with van der Waals surface area (Å²) in [4.78, 5) is 14.6. The Kier molecular flexibility index (Phi) is 7.09. The number of amides is 1. The third-order valence-corrected chi connectivity index (χ3v) is 6.16. The molecule has 0 spiro atoms. The highest BCUT2D eigenvalue weighted by molar-refractivity contribution is 5.78. The van der Waals surface area contributed by atoms with Crippen LogP contribution in [0.2, 0.25) is 0 Å². The molecule has 2 heteroatoms. The van der Waals surface area contributed by atoms with E-state index in [0.29, 0.717) is 5.91 Å². The molecular formula is C25H33NO. The van der Waals surface area contributed by atoms with Crippen molar-refractivity contribution < 1.29 is 4.79 Å². The summed E-state index contributed by atoms with van der Waals surface area (Å²) >= 11 is 0. The van der Waals surface area contributed by atoms with Gasteiger partial charge in [0.25, 0.3) is 0 Å². The number of carbonyl (C=O) groups is 1. The molecule has 1 heterocycles. The van der Waals surface area contributed by atoms with Gasteiger partial charge in [-0.2, -0.15) is 0 Å². The number of benzene rings is 2. The number of hydrogen-bond donors (Lipinski definition) is 0. The molecule has 3 rings (SSSR count). The summed E-state index contributed by atoms with van der Waals surface area (Å²) in [6.07, 6.45) is 6.63. The number of likely N-dealkylation sites (tertiary alicyclic amines) is 1. The highest BCUT2D eigenvalue weighted by atomic mass is 16.2. The van der Waals surface area contributed by atoms with Crippen molar-refractivity contribution in [2.45, 2.75) is 52.4 Å². The van der Waals surface area contributed by atoms with Crippen LogP contribution in [0.25, 0.3) is 11.1 Å². The summed E-state index contributed by atoms with van der Waals surface area (Å²) in [7, 11) is 0. The predicted octanol–water partition coefficient (Wildman–Crippen LogP) is 5.96. The highest BCUT2D eigenvalue weighted by Gasteiger charge is 2.26. The standard InChI is InChI=1S/C25H33NO/c1-3-22(4-2)25(27)26-18-16-21(17-19-26)11-10-20-12-14-24(15-13-20)23-8-6-5-7-9-23/h5-9,12-15,21-22H,3-4,10-11,16-19H2,1-2H3. The number of carbonyl (C=O) groups excluding carboxylic acids is 1. The molecule has 2 nitrogen and oxygen atoms in total. The van der Waals surface area contributed by atoms with Crippen LogP contribution in [0.4, 0.5) is 0 Å². The fourth-order valence-corrected chi connectivity index (χ4v) is 4.20. The van der Waals surface area contributed by atoms with Crippen molar-refractivity contribution in [3.8, 4) is 11.1 Å². The Morgan fingerprint density at radius 2 is 1.52 bits per heavy atom. The lowest BCUT2D eigenvalue weighted by atomic mass is 9.89. The first-order valence-electron chi connectivity index (χ1n) is 10.6. The number of hydrogen-bond acceptors (Lipinski definition) is 1. The van der Waals surface area contributed by atoms with E-state index in [-0.39, 0.29) is 5.92 Å². The Bertz CT molecular complexity index is 695. The number of nitrogens with zero attached hydrogens (tertiary/aromatic N) is 1. The maximum atomic E-state index is 12.5. The molecule has 2 aromatic rings. The van der Waals surface area contributed by atoms with Gasteiger partial charge in [-0.3, -0.25) is 4.79 Å². The monoisotopic (exact) mass is 363 g/mol. The second-order valence-corrected chi connectivity index (χ2v) is 7.88. The van der Waals surface area contributed by atoms with Gasteiger partial charge in [-0.15, -0.1) is 0 Å². The van der Waals surface area contributed by atoms with Crippen LogP contribution in [0.5, 0.6) is 0 Å². The van der Waals surface area contributed by atoms with Crippen molar-refractivity contribution in [3.05, 3.63) is 60.2 Å². The smallest absolute Gasteiger partial charge is 0.225 e. The topological polar surface area (TPSA) is 20.3 Å². The van der Waals surface area contributed by atoms with Crippen LogP contribution in [-0.4, -0.2) is 23.9 Å². The first kappa shape index (κ1) is 19.7. The van der Waals surface area contributed by atoms with Gasteiger partial charge in [-0.25, -0.2) is 0 Å². The minimum absolute atomic E-state index is 0.227. The fourth-order valence-electron chi connectivity index (χ4n) is 4.20. The zero-order valence-electron chi connectivity index (χ0n) is 16.9. The highest BCUT2D eigenvalue weighted by Crippen LogP contribution is 2.25. The van der Waals surface area contributed by atoms with E-state index in [4.69, 9.17) is 0 Å². The molecule has 0 aliphatic carbocycles. The van der Waals surface area contributed by atoms with Crippen LogP contribution in [-0.2, 0) is 11.2 Å². The summed E-state index contributed by atoms with van der Waals surface area (Å²) in [6.45, 7) is 6.16. The van der Waals surface area contributed by atoms with E-state index in [1.807, 2.05) is 0 Å². The van der Waals surface area contributed by atoms with Crippen molar-refractivity contribution in [3.63, 3.8) is 0 Å². The predicted molar refractivity (Wildman–Crippen MR) is 114 cm³/mol. The van der Waals surface area contributed by atoms with Gasteiger partial charge in [-0.05, 0) is 61.1 Å². The third kappa shape index (κ3) is 5.22. The molecule has 0 radical (unpaired) electrons. The number of aryl methyl sites for hydroxylation is 1. The molecule has 0 N–H and O–H groups in total. The molecule has 1 amide bonds. The number of rotatable bonds is 7. The van der Waals surface area contributed by atoms with Gasteiger partial charge in [0.15, 0.2) is 0 Å². The minimum atomic E-state index is 0.227. The molecule has 2 aromatic carbocycles. The molecule has 1 fully saturated rings. The van der Waals surface area contributed by atoms with E-state index in [1.54, 1.807) is 0 Å². The lowest BCUT2D eigenvalue weighted by Gasteiger charge is -2.34. The molecule has 1 aliphatic heterocycles. The first-order valence-corrected chi connectivity index (χ1v) is 10.6. The van der Waals surface area contributed by atoms with Gasteiger partial charge in [0.1, 0.15) is 0 Å². The van der Waals surface area contributed by atoms with Crippen molar-refractivity contribution >= 4 is 5.91 Å². The SMILES string of the molecule is CCC(CC)C(=O)N1CCC(CCc2ccc(-c3ccccc3)cc2)CC1.